The first-order valence-electron chi connectivity index (χ1n) is 12.7. The standard InChI is InChI=1S/C26H25NO12S3/c1-2-19(28)14-7-9-27(10-8-14)24(29)13-39-20-11-21(40(30,31)32)16-5-6-18-23(42(36,37)38)12-22(41(33,34)35)17-4-3-15(20)25(16)26(17)18/h3-6,11-12,14H,2,7-10,13H2,1H3,(H,30,31,32)(H,33,34,35)(H,36,37,38). The van der Waals surface area contributed by atoms with Crippen molar-refractivity contribution in [2.75, 3.05) is 19.7 Å². The molecule has 42 heavy (non-hydrogen) atoms. The van der Waals surface area contributed by atoms with Crippen LogP contribution in [0.2, 0.25) is 0 Å². The number of hydrogen-bond acceptors (Lipinski definition) is 9. The van der Waals surface area contributed by atoms with Gasteiger partial charge in [0.1, 0.15) is 26.2 Å². The first-order chi connectivity index (χ1) is 19.5. The number of ether oxygens (including phenoxy) is 1. The maximum absolute atomic E-state index is 12.9. The van der Waals surface area contributed by atoms with Gasteiger partial charge in [0.15, 0.2) is 6.61 Å². The summed E-state index contributed by atoms with van der Waals surface area (Å²) in [4.78, 5) is 24.0. The van der Waals surface area contributed by atoms with Crippen molar-refractivity contribution in [1.29, 1.82) is 0 Å². The highest BCUT2D eigenvalue weighted by Gasteiger charge is 2.30. The molecule has 1 fully saturated rings. The maximum atomic E-state index is 12.9. The van der Waals surface area contributed by atoms with Crippen LogP contribution in [0.15, 0.2) is 51.1 Å². The highest BCUT2D eigenvalue weighted by molar-refractivity contribution is 7.87. The van der Waals surface area contributed by atoms with E-state index in [-0.39, 0.29) is 49.8 Å². The first-order valence-corrected chi connectivity index (χ1v) is 17.0. The van der Waals surface area contributed by atoms with E-state index in [4.69, 9.17) is 4.74 Å². The number of ketones is 1. The Morgan fingerprint density at radius 2 is 1.19 bits per heavy atom. The zero-order valence-corrected chi connectivity index (χ0v) is 24.4. The number of carbonyl (C=O) groups is 2. The molecule has 1 heterocycles. The third-order valence-corrected chi connectivity index (χ3v) is 10.3. The van der Waals surface area contributed by atoms with Crippen LogP contribution in [0.1, 0.15) is 26.2 Å². The molecule has 13 nitrogen and oxygen atoms in total. The van der Waals surface area contributed by atoms with Crippen molar-refractivity contribution in [2.24, 2.45) is 5.92 Å². The second kappa shape index (κ2) is 10.4. The lowest BCUT2D eigenvalue weighted by molar-refractivity contribution is -0.136. The molecule has 4 aromatic rings. The topological polar surface area (TPSA) is 210 Å². The van der Waals surface area contributed by atoms with Crippen molar-refractivity contribution in [3.8, 4) is 5.75 Å². The molecule has 1 aliphatic rings. The number of likely N-dealkylation sites (tertiary alicyclic amines) is 1. The summed E-state index contributed by atoms with van der Waals surface area (Å²) in [5.74, 6) is -0.646. The Morgan fingerprint density at radius 1 is 0.762 bits per heavy atom. The van der Waals surface area contributed by atoms with E-state index < -0.39 is 57.6 Å². The van der Waals surface area contributed by atoms with Crippen LogP contribution in [0.4, 0.5) is 0 Å². The van der Waals surface area contributed by atoms with Crippen LogP contribution >= 0.6 is 0 Å². The Bertz CT molecular complexity index is 2050. The lowest BCUT2D eigenvalue weighted by Gasteiger charge is -2.31. The van der Waals surface area contributed by atoms with E-state index in [0.717, 1.165) is 12.1 Å². The molecule has 1 aliphatic heterocycles. The maximum Gasteiger partial charge on any atom is 0.295 e. The molecule has 0 saturated carbocycles. The van der Waals surface area contributed by atoms with Gasteiger partial charge in [0.25, 0.3) is 36.3 Å². The van der Waals surface area contributed by atoms with Crippen molar-refractivity contribution in [1.82, 2.24) is 4.90 Å². The first kappa shape index (κ1) is 30.1. The monoisotopic (exact) mass is 639 g/mol. The molecule has 224 valence electrons. The number of benzene rings is 4. The van der Waals surface area contributed by atoms with Gasteiger partial charge >= 0.3 is 0 Å². The normalized spacial score (nSPS) is 15.6. The zero-order chi connectivity index (χ0) is 30.8. The second-order valence-corrected chi connectivity index (χ2v) is 14.2. The number of Topliss-reactive ketones (excluding diaryl/α,β-unsaturated/α-hetero) is 1. The van der Waals surface area contributed by atoms with E-state index in [0.29, 0.717) is 38.4 Å². The smallest absolute Gasteiger partial charge is 0.295 e. The predicted molar refractivity (Wildman–Crippen MR) is 150 cm³/mol. The van der Waals surface area contributed by atoms with Gasteiger partial charge in [0, 0.05) is 63.8 Å². The Morgan fingerprint density at radius 3 is 1.64 bits per heavy atom. The molecule has 0 atom stereocenters. The summed E-state index contributed by atoms with van der Waals surface area (Å²) in [6, 6.07) is 6.45. The van der Waals surface area contributed by atoms with Gasteiger partial charge in [-0.1, -0.05) is 25.1 Å². The molecule has 3 N–H and O–H groups in total. The molecular weight excluding hydrogens is 614 g/mol. The van der Waals surface area contributed by atoms with Gasteiger partial charge in [-0.25, -0.2) is 0 Å². The molecule has 0 aliphatic carbocycles. The van der Waals surface area contributed by atoms with E-state index in [1.807, 2.05) is 0 Å². The summed E-state index contributed by atoms with van der Waals surface area (Å²) >= 11 is 0. The minimum absolute atomic E-state index is 0.0585. The van der Waals surface area contributed by atoms with Crippen LogP contribution in [0.5, 0.6) is 5.75 Å². The predicted octanol–water partition coefficient (Wildman–Crippen LogP) is 2.92. The van der Waals surface area contributed by atoms with E-state index in [1.165, 1.54) is 23.1 Å². The molecule has 1 saturated heterocycles. The number of hydrogen-bond donors (Lipinski definition) is 3. The average molecular weight is 640 g/mol. The molecule has 0 bridgehead atoms. The fourth-order valence-corrected chi connectivity index (χ4v) is 7.80. The van der Waals surface area contributed by atoms with E-state index in [2.05, 4.69) is 0 Å². The van der Waals surface area contributed by atoms with Gasteiger partial charge in [-0.05, 0) is 25.0 Å². The zero-order valence-electron chi connectivity index (χ0n) is 22.0. The van der Waals surface area contributed by atoms with Crippen molar-refractivity contribution < 1.29 is 53.2 Å². The van der Waals surface area contributed by atoms with Gasteiger partial charge in [-0.2, -0.15) is 25.3 Å². The number of rotatable bonds is 8. The van der Waals surface area contributed by atoms with Crippen molar-refractivity contribution in [3.05, 3.63) is 36.4 Å². The summed E-state index contributed by atoms with van der Waals surface area (Å²) in [7, 11) is -15.0. The molecule has 0 spiro atoms. The van der Waals surface area contributed by atoms with Crippen LogP contribution in [-0.4, -0.2) is 75.2 Å². The minimum Gasteiger partial charge on any atom is -0.483 e. The molecule has 1 amide bonds. The van der Waals surface area contributed by atoms with E-state index >= 15 is 0 Å². The van der Waals surface area contributed by atoms with Gasteiger partial charge in [-0.15, -0.1) is 0 Å². The highest BCUT2D eigenvalue weighted by Crippen LogP contribution is 2.45. The largest absolute Gasteiger partial charge is 0.483 e. The van der Waals surface area contributed by atoms with Crippen LogP contribution in [0, 0.1) is 5.92 Å². The van der Waals surface area contributed by atoms with Crippen molar-refractivity contribution in [2.45, 2.75) is 40.9 Å². The van der Waals surface area contributed by atoms with E-state index in [9.17, 15) is 48.5 Å². The average Bonchev–Trinajstić information content (AvgIpc) is 2.92. The highest BCUT2D eigenvalue weighted by atomic mass is 32.2. The van der Waals surface area contributed by atoms with Crippen LogP contribution in [0.25, 0.3) is 32.3 Å². The molecular formula is C26H25NO12S3. The molecule has 0 radical (unpaired) electrons. The summed E-state index contributed by atoms with van der Waals surface area (Å²) in [6.07, 6.45) is 1.40. The van der Waals surface area contributed by atoms with Gasteiger partial charge in [-0.3, -0.25) is 23.2 Å². The summed E-state index contributed by atoms with van der Waals surface area (Å²) in [5.41, 5.74) is 0. The molecule has 4 aromatic carbocycles. The number of amides is 1. The third-order valence-electron chi connectivity index (χ3n) is 7.58. The Hall–Kier alpha value is -3.41. The van der Waals surface area contributed by atoms with Crippen molar-refractivity contribution >= 4 is 74.4 Å². The quantitative estimate of drug-likeness (QED) is 0.188. The number of piperidine rings is 1. The summed E-state index contributed by atoms with van der Waals surface area (Å²) in [6.45, 7) is 1.88. The molecule has 0 unspecified atom stereocenters. The van der Waals surface area contributed by atoms with Crippen LogP contribution in [0.3, 0.4) is 0 Å². The summed E-state index contributed by atoms with van der Waals surface area (Å²) < 4.78 is 109. The lowest BCUT2D eigenvalue weighted by atomic mass is 9.91. The molecule has 0 aromatic heterocycles. The minimum atomic E-state index is -5.05. The fraction of sp³-hybridized carbons (Fsp3) is 0.308. The Kier molecular flexibility index (Phi) is 7.44. The molecule has 5 rings (SSSR count). The van der Waals surface area contributed by atoms with Crippen LogP contribution < -0.4 is 4.74 Å². The Balaban J connectivity index is 1.68. The number of carbonyl (C=O) groups excluding carboxylic acids is 2. The molecule has 16 heteroatoms. The lowest BCUT2D eigenvalue weighted by Crippen LogP contribution is -2.42. The summed E-state index contributed by atoms with van der Waals surface area (Å²) in [5, 5.41) is -0.618. The Labute approximate surface area is 240 Å². The third kappa shape index (κ3) is 5.29. The van der Waals surface area contributed by atoms with Gasteiger partial charge in [0.2, 0.25) is 0 Å². The SMILES string of the molecule is CCC(=O)C1CCN(C(=O)COc2cc(S(=O)(=O)O)c3ccc4c(S(=O)(=O)O)cc(S(=O)(=O)O)c5ccc2c3c54)CC1. The van der Waals surface area contributed by atoms with Crippen LogP contribution in [-0.2, 0) is 39.9 Å². The van der Waals surface area contributed by atoms with Crippen molar-refractivity contribution in [3.63, 3.8) is 0 Å². The van der Waals surface area contributed by atoms with E-state index in [1.54, 1.807) is 6.92 Å². The van der Waals surface area contributed by atoms with Gasteiger partial charge < -0.3 is 9.64 Å². The fourth-order valence-electron chi connectivity index (χ4n) is 5.60. The second-order valence-electron chi connectivity index (χ2n) is 10.0. The van der Waals surface area contributed by atoms with Gasteiger partial charge in [0.05, 0.1) is 0 Å². The number of nitrogens with zero attached hydrogens (tertiary/aromatic N) is 1.